The van der Waals surface area contributed by atoms with Gasteiger partial charge in [-0.25, -0.2) is 19.0 Å². The van der Waals surface area contributed by atoms with Crippen LogP contribution in [0.3, 0.4) is 0 Å². The van der Waals surface area contributed by atoms with Crippen LogP contribution in [0, 0.1) is 11.8 Å². The first kappa shape index (κ1) is 32.8. The summed E-state index contributed by atoms with van der Waals surface area (Å²) in [6.45, 7) is 2.32. The molecule has 4 heterocycles. The Kier molecular flexibility index (Phi) is 10.4. The molecule has 1 aliphatic rings. The number of amides is 1. The molecule has 0 saturated heterocycles. The van der Waals surface area contributed by atoms with Gasteiger partial charge in [0.05, 0.1) is 37.6 Å². The fourth-order valence-corrected chi connectivity index (χ4v) is 5.74. The summed E-state index contributed by atoms with van der Waals surface area (Å²) < 4.78 is 47.2. The monoisotopic (exact) mass is 658 g/mol. The molecule has 1 saturated carbocycles. The number of hydrogen-bond donors (Lipinski definition) is 2. The number of hydrogen-bond acceptors (Lipinski definition) is 12. The molecule has 1 aliphatic carbocycles. The van der Waals surface area contributed by atoms with E-state index >= 15 is 0 Å². The van der Waals surface area contributed by atoms with Gasteiger partial charge in [0.1, 0.15) is 28.1 Å². The maximum absolute atomic E-state index is 14.8. The third-order valence-electron chi connectivity index (χ3n) is 7.31. The Morgan fingerprint density at radius 1 is 1.13 bits per heavy atom. The summed E-state index contributed by atoms with van der Waals surface area (Å²) in [4.78, 5) is 44.8. The smallest absolute Gasteiger partial charge is 0.325 e. The van der Waals surface area contributed by atoms with Crippen molar-refractivity contribution >= 4 is 34.9 Å². The standard InChI is InChI=1S/C29H32F2N8O6S/c1-3-44-18-6-4-17(5-7-18)39-13-21(26(37-39)25-19(30)8-9-23(31)36-25)34-27(41)22-14-46-28(35-22)16-11-33-38(12-16)15-45-29(42)20(32)10-24(40)43-2/h8-9,11-14,17-18,20H,3-7,10,15,32H2,1-2H3,(H,34,41)/t17-,18-,20-/m1/s1. The van der Waals surface area contributed by atoms with Crippen molar-refractivity contribution in [3.8, 4) is 22.0 Å². The second kappa shape index (κ2) is 14.7. The molecule has 0 aliphatic heterocycles. The molecule has 17 heteroatoms. The molecule has 1 fully saturated rings. The Morgan fingerprint density at radius 2 is 1.91 bits per heavy atom. The number of aromatic nitrogens is 6. The van der Waals surface area contributed by atoms with Crippen LogP contribution in [0.25, 0.3) is 22.0 Å². The highest BCUT2D eigenvalue weighted by Gasteiger charge is 2.27. The quantitative estimate of drug-likeness (QED) is 0.167. The summed E-state index contributed by atoms with van der Waals surface area (Å²) in [6, 6.07) is 0.661. The summed E-state index contributed by atoms with van der Waals surface area (Å²) in [5.41, 5.74) is 6.09. The van der Waals surface area contributed by atoms with E-state index in [0.29, 0.717) is 17.2 Å². The number of rotatable bonds is 12. The fraction of sp³-hybridized carbons (Fsp3) is 0.414. The van der Waals surface area contributed by atoms with E-state index in [0.717, 1.165) is 37.8 Å². The van der Waals surface area contributed by atoms with E-state index in [4.69, 9.17) is 15.2 Å². The molecular weight excluding hydrogens is 626 g/mol. The number of nitrogens with two attached hydrogens (primary N) is 1. The zero-order valence-corrected chi connectivity index (χ0v) is 25.8. The topological polar surface area (TPSA) is 178 Å². The van der Waals surface area contributed by atoms with Crippen molar-refractivity contribution in [1.29, 1.82) is 0 Å². The second-order valence-corrected chi connectivity index (χ2v) is 11.3. The van der Waals surface area contributed by atoms with Gasteiger partial charge in [-0.15, -0.1) is 11.3 Å². The van der Waals surface area contributed by atoms with Crippen LogP contribution in [0.15, 0.2) is 36.1 Å². The molecule has 1 atom stereocenters. The number of anilines is 1. The lowest BCUT2D eigenvalue weighted by Gasteiger charge is -2.28. The summed E-state index contributed by atoms with van der Waals surface area (Å²) in [5, 5.41) is 13.4. The van der Waals surface area contributed by atoms with E-state index in [1.54, 1.807) is 17.1 Å². The van der Waals surface area contributed by atoms with E-state index in [9.17, 15) is 23.2 Å². The highest BCUT2D eigenvalue weighted by molar-refractivity contribution is 7.13. The number of nitrogens with one attached hydrogen (secondary N) is 1. The van der Waals surface area contributed by atoms with Gasteiger partial charge < -0.3 is 25.3 Å². The Labute approximate surface area is 265 Å². The average Bonchev–Trinajstić information content (AvgIpc) is 3.82. The van der Waals surface area contributed by atoms with Crippen molar-refractivity contribution in [2.75, 3.05) is 19.0 Å². The van der Waals surface area contributed by atoms with Crippen molar-refractivity contribution in [3.05, 3.63) is 53.6 Å². The van der Waals surface area contributed by atoms with Gasteiger partial charge in [0.2, 0.25) is 5.95 Å². The number of thiazole rings is 1. The Balaban J connectivity index is 1.29. The van der Waals surface area contributed by atoms with Crippen LogP contribution in [0.2, 0.25) is 0 Å². The van der Waals surface area contributed by atoms with E-state index in [1.807, 2.05) is 6.92 Å². The molecule has 0 aromatic carbocycles. The minimum atomic E-state index is -1.18. The van der Waals surface area contributed by atoms with Gasteiger partial charge in [0.15, 0.2) is 12.5 Å². The number of carbonyl (C=O) groups is 3. The molecule has 5 rings (SSSR count). The number of methoxy groups -OCH3 is 1. The first-order chi connectivity index (χ1) is 22.1. The lowest BCUT2D eigenvalue weighted by Crippen LogP contribution is -2.35. The van der Waals surface area contributed by atoms with E-state index < -0.39 is 35.7 Å². The van der Waals surface area contributed by atoms with Crippen molar-refractivity contribution < 1.29 is 37.4 Å². The van der Waals surface area contributed by atoms with Gasteiger partial charge >= 0.3 is 11.9 Å². The number of esters is 2. The molecule has 3 N–H and O–H groups in total. The molecule has 4 aromatic rings. The van der Waals surface area contributed by atoms with Crippen LogP contribution in [0.4, 0.5) is 14.5 Å². The predicted molar refractivity (Wildman–Crippen MR) is 160 cm³/mol. The van der Waals surface area contributed by atoms with Crippen LogP contribution in [0.1, 0.15) is 55.6 Å². The summed E-state index contributed by atoms with van der Waals surface area (Å²) in [5.74, 6) is -3.71. The largest absolute Gasteiger partial charge is 0.469 e. The molecule has 0 radical (unpaired) electrons. The average molecular weight is 659 g/mol. The summed E-state index contributed by atoms with van der Waals surface area (Å²) in [6.07, 6.45) is 7.65. The third kappa shape index (κ3) is 7.78. The molecule has 14 nitrogen and oxygen atoms in total. The second-order valence-electron chi connectivity index (χ2n) is 10.5. The Hall–Kier alpha value is -4.61. The lowest BCUT2D eigenvalue weighted by atomic mass is 9.93. The van der Waals surface area contributed by atoms with Crippen LogP contribution in [-0.2, 0) is 30.5 Å². The van der Waals surface area contributed by atoms with Gasteiger partial charge in [0, 0.05) is 29.9 Å². The SMILES string of the molecule is CCO[C@H]1CC[C@H](n2cc(NC(=O)c3csc(-c4cnn(COC(=O)[C@H](N)CC(=O)OC)c4)n3)c(-c3nc(F)ccc3F)n2)CC1. The van der Waals surface area contributed by atoms with Crippen LogP contribution < -0.4 is 11.1 Å². The molecule has 0 bridgehead atoms. The molecule has 244 valence electrons. The van der Waals surface area contributed by atoms with Crippen LogP contribution >= 0.6 is 11.3 Å². The molecule has 4 aromatic heterocycles. The number of carbonyl (C=O) groups excluding carboxylic acids is 3. The molecule has 0 spiro atoms. The highest BCUT2D eigenvalue weighted by Crippen LogP contribution is 2.34. The van der Waals surface area contributed by atoms with Gasteiger partial charge in [-0.2, -0.15) is 14.6 Å². The first-order valence-corrected chi connectivity index (χ1v) is 15.3. The highest BCUT2D eigenvalue weighted by atomic mass is 32.1. The zero-order valence-electron chi connectivity index (χ0n) is 25.0. The number of nitrogens with zero attached hydrogens (tertiary/aromatic N) is 6. The zero-order chi connectivity index (χ0) is 32.8. The molecule has 0 unspecified atom stereocenters. The molecule has 46 heavy (non-hydrogen) atoms. The summed E-state index contributed by atoms with van der Waals surface area (Å²) >= 11 is 1.17. The molecule has 1 amide bonds. The minimum Gasteiger partial charge on any atom is -0.469 e. The van der Waals surface area contributed by atoms with Crippen molar-refractivity contribution in [2.45, 2.75) is 63.9 Å². The van der Waals surface area contributed by atoms with Gasteiger partial charge in [-0.05, 0) is 44.7 Å². The molecular formula is C29H32F2N8O6S. The Morgan fingerprint density at radius 3 is 2.65 bits per heavy atom. The van der Waals surface area contributed by atoms with E-state index in [2.05, 4.69) is 30.2 Å². The summed E-state index contributed by atoms with van der Waals surface area (Å²) in [7, 11) is 1.19. The fourth-order valence-electron chi connectivity index (χ4n) is 4.97. The first-order valence-electron chi connectivity index (χ1n) is 14.5. The van der Waals surface area contributed by atoms with E-state index in [1.165, 1.54) is 34.7 Å². The van der Waals surface area contributed by atoms with Crippen molar-refractivity contribution in [2.24, 2.45) is 5.73 Å². The van der Waals surface area contributed by atoms with Gasteiger partial charge in [-0.3, -0.25) is 19.1 Å². The van der Waals surface area contributed by atoms with Crippen molar-refractivity contribution in [3.63, 3.8) is 0 Å². The minimum absolute atomic E-state index is 0.00476. The van der Waals surface area contributed by atoms with Gasteiger partial charge in [-0.1, -0.05) is 0 Å². The maximum Gasteiger partial charge on any atom is 0.325 e. The van der Waals surface area contributed by atoms with Crippen LogP contribution in [-0.4, -0.2) is 73.2 Å². The van der Waals surface area contributed by atoms with Gasteiger partial charge in [0.25, 0.3) is 5.91 Å². The number of pyridine rings is 1. The predicted octanol–water partition coefficient (Wildman–Crippen LogP) is 3.71. The normalized spacial score (nSPS) is 17.0. The van der Waals surface area contributed by atoms with Crippen molar-refractivity contribution in [1.82, 2.24) is 29.5 Å². The number of halogens is 2. The maximum atomic E-state index is 14.8. The van der Waals surface area contributed by atoms with E-state index in [-0.39, 0.29) is 48.1 Å². The Bertz CT molecular complexity index is 1700. The number of ether oxygens (including phenoxy) is 3. The van der Waals surface area contributed by atoms with Crippen LogP contribution in [0.5, 0.6) is 0 Å². The lowest BCUT2D eigenvalue weighted by molar-refractivity contribution is -0.153. The third-order valence-corrected chi connectivity index (χ3v) is 8.20.